The van der Waals surface area contributed by atoms with Crippen LogP contribution in [0.5, 0.6) is 0 Å². The van der Waals surface area contributed by atoms with E-state index in [-0.39, 0.29) is 21.6 Å². The smallest absolute Gasteiger partial charge is 0.366 e. The van der Waals surface area contributed by atoms with Gasteiger partial charge in [0.2, 0.25) is 11.0 Å². The second-order valence-corrected chi connectivity index (χ2v) is 4.28. The van der Waals surface area contributed by atoms with Gasteiger partial charge < -0.3 is 5.21 Å². The van der Waals surface area contributed by atoms with Gasteiger partial charge in [-0.2, -0.15) is 0 Å². The van der Waals surface area contributed by atoms with E-state index in [9.17, 15) is 20.1 Å². The molecular formula is C13H8N4O4. The molecule has 0 atom stereocenters. The molecule has 3 aromatic rings. The fraction of sp³-hybridized carbons (Fsp3) is 0. The number of non-ortho nitro benzene ring substituents is 1. The number of fused-ring (bicyclic) bond motifs is 1. The summed E-state index contributed by atoms with van der Waals surface area (Å²) in [5.74, 6) is -0.482. The molecule has 0 fully saturated rings. The summed E-state index contributed by atoms with van der Waals surface area (Å²) in [6.45, 7) is 0. The van der Waals surface area contributed by atoms with Gasteiger partial charge in [-0.15, -0.1) is 4.85 Å². The molecule has 0 saturated carbocycles. The van der Waals surface area contributed by atoms with E-state index in [2.05, 4.69) is 5.21 Å². The molecule has 0 bridgehead atoms. The van der Waals surface area contributed by atoms with E-state index in [0.717, 1.165) is 10.7 Å². The van der Waals surface area contributed by atoms with E-state index in [1.165, 1.54) is 12.1 Å². The lowest BCUT2D eigenvalue weighted by Crippen LogP contribution is -2.31. The maximum absolute atomic E-state index is 12.3. The Labute approximate surface area is 117 Å². The number of nitro benzene ring substituents is 1. The Morgan fingerprint density at radius 3 is 2.57 bits per heavy atom. The van der Waals surface area contributed by atoms with Gasteiger partial charge in [-0.05, 0) is 18.2 Å². The Bertz CT molecular complexity index is 857. The molecule has 3 rings (SSSR count). The highest BCUT2D eigenvalue weighted by Gasteiger charge is 2.24. The van der Waals surface area contributed by atoms with E-state index < -0.39 is 10.8 Å². The minimum atomic E-state index is -0.615. The first kappa shape index (κ1) is 12.7. The maximum atomic E-state index is 12.3. The number of benzene rings is 2. The standard InChI is InChI=1S/C13H8N4O4/c18-13(9-4-2-1-3-5-9)15-11-7-6-10(17(20)21)8-12(11)16(19)14-15/h1-8H. The van der Waals surface area contributed by atoms with E-state index in [0.29, 0.717) is 5.56 Å². The summed E-state index contributed by atoms with van der Waals surface area (Å²) in [6.07, 6.45) is 0. The van der Waals surface area contributed by atoms with Gasteiger partial charge >= 0.3 is 5.91 Å². The SMILES string of the molecule is O=C(c1ccccc1)n1n[n+]([O-])c2cc([N+](=O)[O-])ccc21. The van der Waals surface area contributed by atoms with Crippen LogP contribution in [-0.2, 0) is 0 Å². The summed E-state index contributed by atoms with van der Waals surface area (Å²) >= 11 is 0. The van der Waals surface area contributed by atoms with Crippen LogP contribution in [0.2, 0.25) is 0 Å². The van der Waals surface area contributed by atoms with E-state index >= 15 is 0 Å². The topological polar surface area (TPSA) is 105 Å². The minimum Gasteiger partial charge on any atom is -0.691 e. The molecule has 0 radical (unpaired) electrons. The molecule has 0 aliphatic heterocycles. The van der Waals surface area contributed by atoms with Crippen LogP contribution in [0.3, 0.4) is 0 Å². The number of aromatic nitrogens is 3. The van der Waals surface area contributed by atoms with Crippen LogP contribution in [0.15, 0.2) is 48.5 Å². The predicted octanol–water partition coefficient (Wildman–Crippen LogP) is 1.27. The highest BCUT2D eigenvalue weighted by Crippen LogP contribution is 2.18. The fourth-order valence-electron chi connectivity index (χ4n) is 1.99. The number of hydrogen-bond donors (Lipinski definition) is 0. The molecule has 0 saturated heterocycles. The van der Waals surface area contributed by atoms with Crippen molar-refractivity contribution in [2.24, 2.45) is 0 Å². The van der Waals surface area contributed by atoms with Crippen molar-refractivity contribution in [3.8, 4) is 0 Å². The van der Waals surface area contributed by atoms with Crippen molar-refractivity contribution in [1.29, 1.82) is 0 Å². The van der Waals surface area contributed by atoms with Gasteiger partial charge in [-0.3, -0.25) is 10.1 Å². The third-order valence-electron chi connectivity index (χ3n) is 2.99. The zero-order valence-electron chi connectivity index (χ0n) is 10.5. The largest absolute Gasteiger partial charge is 0.691 e. The van der Waals surface area contributed by atoms with Gasteiger partial charge in [0, 0.05) is 6.07 Å². The van der Waals surface area contributed by atoms with Gasteiger partial charge in [0.1, 0.15) is 5.21 Å². The van der Waals surface area contributed by atoms with E-state index in [1.807, 2.05) is 0 Å². The number of nitrogens with zero attached hydrogens (tertiary/aromatic N) is 4. The van der Waals surface area contributed by atoms with Crippen molar-refractivity contribution in [1.82, 2.24) is 9.90 Å². The van der Waals surface area contributed by atoms with Gasteiger partial charge in [-0.1, -0.05) is 22.9 Å². The first-order valence-electron chi connectivity index (χ1n) is 5.94. The summed E-state index contributed by atoms with van der Waals surface area (Å²) < 4.78 is 0.932. The number of rotatable bonds is 2. The lowest BCUT2D eigenvalue weighted by molar-refractivity contribution is -0.645. The minimum absolute atomic E-state index is 0.0338. The summed E-state index contributed by atoms with van der Waals surface area (Å²) in [4.78, 5) is 22.6. The highest BCUT2D eigenvalue weighted by molar-refractivity contribution is 5.99. The van der Waals surface area contributed by atoms with Crippen molar-refractivity contribution in [2.45, 2.75) is 0 Å². The van der Waals surface area contributed by atoms with Crippen LogP contribution >= 0.6 is 0 Å². The van der Waals surface area contributed by atoms with Crippen LogP contribution in [0, 0.1) is 15.3 Å². The van der Waals surface area contributed by atoms with Gasteiger partial charge in [0.25, 0.3) is 5.69 Å². The first-order valence-corrected chi connectivity index (χ1v) is 5.94. The molecule has 8 nitrogen and oxygen atoms in total. The van der Waals surface area contributed by atoms with Crippen molar-refractivity contribution in [3.63, 3.8) is 0 Å². The molecule has 0 unspecified atom stereocenters. The molecule has 1 heterocycles. The average molecular weight is 284 g/mol. The zero-order valence-corrected chi connectivity index (χ0v) is 10.5. The van der Waals surface area contributed by atoms with Crippen LogP contribution in [0.4, 0.5) is 5.69 Å². The predicted molar refractivity (Wildman–Crippen MR) is 71.5 cm³/mol. The lowest BCUT2D eigenvalue weighted by atomic mass is 10.2. The van der Waals surface area contributed by atoms with E-state index in [4.69, 9.17) is 0 Å². The second-order valence-electron chi connectivity index (χ2n) is 4.28. The molecule has 2 aromatic carbocycles. The summed E-state index contributed by atoms with van der Waals surface area (Å²) in [6, 6.07) is 12.0. The van der Waals surface area contributed by atoms with Crippen molar-refractivity contribution >= 4 is 22.6 Å². The second kappa shape index (κ2) is 4.67. The number of carbonyl (C=O) groups is 1. The molecule has 0 aliphatic rings. The normalized spacial score (nSPS) is 10.7. The van der Waals surface area contributed by atoms with Gasteiger partial charge in [-0.25, -0.2) is 4.79 Å². The zero-order chi connectivity index (χ0) is 15.0. The molecule has 8 heteroatoms. The molecule has 0 aliphatic carbocycles. The number of hydrogen-bond acceptors (Lipinski definition) is 5. The number of nitro groups is 1. The molecule has 1 aromatic heterocycles. The van der Waals surface area contributed by atoms with Crippen LogP contribution < -0.4 is 4.85 Å². The molecule has 0 N–H and O–H groups in total. The number of carbonyl (C=O) groups excluding carboxylic acids is 1. The Morgan fingerprint density at radius 2 is 1.90 bits per heavy atom. The molecule has 0 spiro atoms. The summed E-state index contributed by atoms with van der Waals surface area (Å²) in [7, 11) is 0. The monoisotopic (exact) mass is 284 g/mol. The highest BCUT2D eigenvalue weighted by atomic mass is 16.6. The average Bonchev–Trinajstić information content (AvgIpc) is 2.84. The van der Waals surface area contributed by atoms with Crippen molar-refractivity contribution in [3.05, 3.63) is 69.4 Å². The Hall–Kier alpha value is -3.29. The Kier molecular flexibility index (Phi) is 2.83. The van der Waals surface area contributed by atoms with Crippen LogP contribution in [0.1, 0.15) is 10.4 Å². The first-order chi connectivity index (χ1) is 10.1. The third kappa shape index (κ3) is 2.08. The Morgan fingerprint density at radius 1 is 1.19 bits per heavy atom. The third-order valence-corrected chi connectivity index (χ3v) is 2.99. The van der Waals surface area contributed by atoms with Crippen molar-refractivity contribution in [2.75, 3.05) is 0 Å². The molecular weight excluding hydrogens is 276 g/mol. The Balaban J connectivity index is 2.16. The quantitative estimate of drug-likeness (QED) is 0.305. The van der Waals surface area contributed by atoms with E-state index in [1.54, 1.807) is 30.3 Å². The lowest BCUT2D eigenvalue weighted by Gasteiger charge is -1.94. The molecule has 21 heavy (non-hydrogen) atoms. The van der Waals surface area contributed by atoms with Crippen LogP contribution in [0.25, 0.3) is 11.0 Å². The molecule has 104 valence electrons. The molecule has 0 amide bonds. The summed E-state index contributed by atoms with van der Waals surface area (Å²) in [5, 5.41) is 26.0. The fourth-order valence-corrected chi connectivity index (χ4v) is 1.99. The summed E-state index contributed by atoms with van der Waals surface area (Å²) in [5.41, 5.74) is 0.303. The van der Waals surface area contributed by atoms with Gasteiger partial charge in [0.15, 0.2) is 0 Å². The van der Waals surface area contributed by atoms with Crippen molar-refractivity contribution < 1.29 is 14.6 Å². The van der Waals surface area contributed by atoms with Gasteiger partial charge in [0.05, 0.1) is 16.6 Å². The maximum Gasteiger partial charge on any atom is 0.366 e. The van der Waals surface area contributed by atoms with Crippen LogP contribution in [-0.4, -0.2) is 20.7 Å².